The predicted molar refractivity (Wildman–Crippen MR) is 163 cm³/mol. The van der Waals surface area contributed by atoms with E-state index in [1.165, 1.54) is 18.2 Å². The van der Waals surface area contributed by atoms with E-state index in [-0.39, 0.29) is 26.6 Å². The van der Waals surface area contributed by atoms with Gasteiger partial charge < -0.3 is 16.4 Å². The molecule has 9 heteroatoms. The molecule has 0 saturated carbocycles. The van der Waals surface area contributed by atoms with Crippen LogP contribution in [0.3, 0.4) is 0 Å². The second-order valence-electron chi connectivity index (χ2n) is 11.5. The molecule has 4 nitrogen and oxygen atoms in total. The zero-order valence-electron chi connectivity index (χ0n) is 22.4. The Labute approximate surface area is 252 Å². The fraction of sp³-hybridized carbons (Fsp3) is 0.367. The number of anilines is 1. The van der Waals surface area contributed by atoms with Crippen LogP contribution in [0.5, 0.6) is 0 Å². The number of nitrogens with two attached hydrogens (primary N) is 1. The molecule has 1 aliphatic rings. The van der Waals surface area contributed by atoms with Crippen LogP contribution in [0.4, 0.5) is 14.5 Å². The van der Waals surface area contributed by atoms with Gasteiger partial charge in [0.2, 0.25) is 5.91 Å². The van der Waals surface area contributed by atoms with Crippen molar-refractivity contribution >= 4 is 57.4 Å². The van der Waals surface area contributed by atoms with Gasteiger partial charge in [-0.15, -0.1) is 0 Å². The number of halogens is 5. The zero-order chi connectivity index (χ0) is 28.9. The van der Waals surface area contributed by atoms with Gasteiger partial charge in [-0.3, -0.25) is 4.79 Å². The van der Waals surface area contributed by atoms with E-state index in [1.54, 1.807) is 18.2 Å². The van der Waals surface area contributed by atoms with Crippen LogP contribution in [-0.4, -0.2) is 18.0 Å². The Kier molecular flexibility index (Phi) is 8.70. The van der Waals surface area contributed by atoms with Crippen molar-refractivity contribution in [3.05, 3.63) is 96.0 Å². The summed E-state index contributed by atoms with van der Waals surface area (Å²) in [6.45, 7) is 9.97. The Balaban J connectivity index is 1.92. The number of carbonyl (C=O) groups is 1. The number of amides is 1. The average Bonchev–Trinajstić information content (AvgIpc) is 3.10. The van der Waals surface area contributed by atoms with Crippen molar-refractivity contribution in [1.82, 2.24) is 5.32 Å². The smallest absolute Gasteiger partial charge is 0.242 e. The first-order valence-corrected chi connectivity index (χ1v) is 14.5. The number of benzene rings is 3. The highest BCUT2D eigenvalue weighted by Gasteiger charge is 2.58. The summed E-state index contributed by atoms with van der Waals surface area (Å²) in [4.78, 5) is 14.0. The fourth-order valence-corrected chi connectivity index (χ4v) is 6.49. The largest absolute Gasteiger partial charge is 0.324 e. The third-order valence-corrected chi connectivity index (χ3v) is 9.07. The molecular formula is C30H32Cl2F2IN3O. The highest BCUT2D eigenvalue weighted by Crippen LogP contribution is 2.50. The summed E-state index contributed by atoms with van der Waals surface area (Å²) in [6.07, 6.45) is 0.482. The van der Waals surface area contributed by atoms with E-state index in [4.69, 9.17) is 28.9 Å². The molecule has 1 heterocycles. The van der Waals surface area contributed by atoms with Gasteiger partial charge in [-0.2, -0.15) is 0 Å². The van der Waals surface area contributed by atoms with Crippen molar-refractivity contribution < 1.29 is 13.6 Å². The maximum absolute atomic E-state index is 15.7. The van der Waals surface area contributed by atoms with Gasteiger partial charge in [-0.25, -0.2) is 8.78 Å². The lowest BCUT2D eigenvalue weighted by Gasteiger charge is -2.40. The van der Waals surface area contributed by atoms with Crippen LogP contribution >= 0.6 is 45.8 Å². The number of rotatable bonds is 5. The number of nitrogens with one attached hydrogen (secondary N) is 2. The summed E-state index contributed by atoms with van der Waals surface area (Å²) in [7, 11) is 0. The van der Waals surface area contributed by atoms with Gasteiger partial charge in [0.25, 0.3) is 0 Å². The zero-order valence-corrected chi connectivity index (χ0v) is 26.1. The Hall–Kier alpha value is -1.78. The summed E-state index contributed by atoms with van der Waals surface area (Å²) in [5, 5.41) is 6.52. The molecule has 3 aromatic carbocycles. The predicted octanol–water partition coefficient (Wildman–Crippen LogP) is 7.85. The number of carbonyl (C=O) groups excluding carboxylic acids is 1. The standard InChI is InChI=1S/C30H32Cl2F2IN3O/c1-15-12-23(16(2)11-22(15)35)37-28(39)27-25(18-7-6-8-20(32)26(18)34)30(36,24(38-27)14-29(3,4)5)19-10-9-17(31)13-21(19)33/h6-13,24-25,27,38H,14,36H2,1-5H3,(H,37,39)/t24-,25-,27+,30+/m0/s1. The molecule has 0 aliphatic carbocycles. The lowest BCUT2D eigenvalue weighted by molar-refractivity contribution is -0.118. The minimum Gasteiger partial charge on any atom is -0.324 e. The molecule has 1 amide bonds. The van der Waals surface area contributed by atoms with E-state index in [0.717, 1.165) is 14.7 Å². The molecule has 0 aromatic heterocycles. The van der Waals surface area contributed by atoms with Crippen molar-refractivity contribution in [2.75, 3.05) is 5.32 Å². The molecule has 0 bridgehead atoms. The Morgan fingerprint density at radius 2 is 1.79 bits per heavy atom. The molecule has 0 unspecified atom stereocenters. The first-order chi connectivity index (χ1) is 18.1. The minimum atomic E-state index is -1.52. The molecule has 1 saturated heterocycles. The maximum Gasteiger partial charge on any atom is 0.242 e. The van der Waals surface area contributed by atoms with Crippen molar-refractivity contribution in [1.29, 1.82) is 0 Å². The normalized spacial score (nSPS) is 23.2. The Bertz CT molecular complexity index is 1430. The second kappa shape index (κ2) is 11.2. The lowest BCUT2D eigenvalue weighted by atomic mass is 9.68. The molecule has 3 aromatic rings. The van der Waals surface area contributed by atoms with Crippen LogP contribution in [0.1, 0.15) is 55.4 Å². The SMILES string of the molecule is Cc1cc(NC(=O)[C@@H]2N[C@@H](CC(C)(C)C)[C@](N)(c3ccc(Cl)cc3F)[C@H]2c2cccc(Cl)c2F)c(C)cc1I. The van der Waals surface area contributed by atoms with Crippen LogP contribution in [-0.2, 0) is 10.3 Å². The highest BCUT2D eigenvalue weighted by atomic mass is 127. The first kappa shape index (κ1) is 30.2. The van der Waals surface area contributed by atoms with Crippen molar-refractivity contribution in [3.8, 4) is 0 Å². The quantitative estimate of drug-likeness (QED) is 0.240. The summed E-state index contributed by atoms with van der Waals surface area (Å²) in [5.74, 6) is -2.71. The van der Waals surface area contributed by atoms with Crippen molar-refractivity contribution in [3.63, 3.8) is 0 Å². The average molecular weight is 686 g/mol. The molecule has 1 aliphatic heterocycles. The van der Waals surface area contributed by atoms with E-state index in [9.17, 15) is 4.79 Å². The van der Waals surface area contributed by atoms with Gasteiger partial charge >= 0.3 is 0 Å². The van der Waals surface area contributed by atoms with Crippen LogP contribution < -0.4 is 16.4 Å². The van der Waals surface area contributed by atoms with E-state index in [0.29, 0.717) is 12.1 Å². The summed E-state index contributed by atoms with van der Waals surface area (Å²) < 4.78 is 32.4. The Morgan fingerprint density at radius 3 is 2.44 bits per heavy atom. The van der Waals surface area contributed by atoms with Gasteiger partial charge in [0.1, 0.15) is 11.6 Å². The molecular weight excluding hydrogens is 654 g/mol. The molecule has 0 radical (unpaired) electrons. The molecule has 1 fully saturated rings. The molecule has 39 heavy (non-hydrogen) atoms. The summed E-state index contributed by atoms with van der Waals surface area (Å²) in [5.41, 5.74) is 8.29. The molecule has 4 atom stereocenters. The minimum absolute atomic E-state index is 0.103. The molecule has 4 N–H and O–H groups in total. The van der Waals surface area contributed by atoms with Crippen LogP contribution in [0, 0.1) is 34.5 Å². The topological polar surface area (TPSA) is 67.2 Å². The Morgan fingerprint density at radius 1 is 1.10 bits per heavy atom. The van der Waals surface area contributed by atoms with Gasteiger partial charge in [0.15, 0.2) is 0 Å². The van der Waals surface area contributed by atoms with Crippen molar-refractivity contribution in [2.24, 2.45) is 11.1 Å². The monoisotopic (exact) mass is 685 g/mol. The highest BCUT2D eigenvalue weighted by molar-refractivity contribution is 14.1. The molecule has 208 valence electrons. The number of hydrogen-bond donors (Lipinski definition) is 3. The van der Waals surface area contributed by atoms with Crippen LogP contribution in [0.25, 0.3) is 0 Å². The summed E-state index contributed by atoms with van der Waals surface area (Å²) >= 11 is 14.5. The lowest BCUT2D eigenvalue weighted by Crippen LogP contribution is -2.52. The molecule has 0 spiro atoms. The van der Waals surface area contributed by atoms with Gasteiger partial charge in [-0.1, -0.05) is 62.2 Å². The van der Waals surface area contributed by atoms with Crippen molar-refractivity contribution in [2.45, 2.75) is 64.6 Å². The first-order valence-electron chi connectivity index (χ1n) is 12.7. The van der Waals surface area contributed by atoms with Gasteiger partial charge in [0.05, 0.1) is 16.6 Å². The van der Waals surface area contributed by atoms with Crippen LogP contribution in [0.2, 0.25) is 10.0 Å². The van der Waals surface area contributed by atoms with Crippen LogP contribution in [0.15, 0.2) is 48.5 Å². The summed E-state index contributed by atoms with van der Waals surface area (Å²) in [6, 6.07) is 11.2. The van der Waals surface area contributed by atoms with E-state index in [2.05, 4.69) is 33.2 Å². The van der Waals surface area contributed by atoms with E-state index >= 15 is 8.78 Å². The second-order valence-corrected chi connectivity index (χ2v) is 13.6. The third-order valence-electron chi connectivity index (χ3n) is 7.38. The van der Waals surface area contributed by atoms with Gasteiger partial charge in [0, 0.05) is 31.8 Å². The number of hydrogen-bond acceptors (Lipinski definition) is 3. The van der Waals surface area contributed by atoms with E-state index < -0.39 is 41.1 Å². The molecule has 4 rings (SSSR count). The number of aryl methyl sites for hydroxylation is 2. The fourth-order valence-electron chi connectivity index (χ4n) is 5.53. The maximum atomic E-state index is 15.7. The van der Waals surface area contributed by atoms with Gasteiger partial charge in [-0.05, 0) is 95.3 Å². The van der Waals surface area contributed by atoms with E-state index in [1.807, 2.05) is 46.8 Å². The third kappa shape index (κ3) is 5.98.